The van der Waals surface area contributed by atoms with Gasteiger partial charge >= 0.3 is 0 Å². The van der Waals surface area contributed by atoms with Gasteiger partial charge in [-0.3, -0.25) is 0 Å². The number of ether oxygens (including phenoxy) is 1. The van der Waals surface area contributed by atoms with E-state index in [4.69, 9.17) is 27.9 Å². The van der Waals surface area contributed by atoms with Crippen molar-refractivity contribution in [2.24, 2.45) is 0 Å². The molecule has 0 radical (unpaired) electrons. The van der Waals surface area contributed by atoms with E-state index in [0.29, 0.717) is 5.92 Å². The highest BCUT2D eigenvalue weighted by Crippen LogP contribution is 2.47. The maximum atomic E-state index is 6.69. The summed E-state index contributed by atoms with van der Waals surface area (Å²) in [5.74, 6) is 1.25. The molecule has 0 spiro atoms. The molecule has 19 heavy (non-hydrogen) atoms. The van der Waals surface area contributed by atoms with Gasteiger partial charge in [0.2, 0.25) is 0 Å². The van der Waals surface area contributed by atoms with Gasteiger partial charge in [0.1, 0.15) is 5.75 Å². The van der Waals surface area contributed by atoms with Crippen molar-refractivity contribution >= 4 is 34.5 Å². The minimum atomic E-state index is -0.0405. The molecule has 1 aromatic heterocycles. The molecule has 0 amide bonds. The summed E-state index contributed by atoms with van der Waals surface area (Å²) in [6, 6.07) is 10.3. The Kier molecular flexibility index (Phi) is 3.75. The van der Waals surface area contributed by atoms with Crippen molar-refractivity contribution in [3.05, 3.63) is 50.7 Å². The van der Waals surface area contributed by atoms with E-state index in [2.05, 4.69) is 12.1 Å². The van der Waals surface area contributed by atoms with Gasteiger partial charge in [-0.25, -0.2) is 0 Å². The summed E-state index contributed by atoms with van der Waals surface area (Å²) in [4.78, 5) is 1.14. The van der Waals surface area contributed by atoms with Crippen LogP contribution in [0.25, 0.3) is 0 Å². The predicted molar refractivity (Wildman–Crippen MR) is 82.0 cm³/mol. The standard InChI is InChI=1S/C15H14Cl2OS/c1-9-8-13(19-15(9)17)14(16)11-6-7-18-12-5-3-2-4-10(11)12/h2-5,8,11,14H,6-7H2,1H3. The second-order valence-corrected chi connectivity index (χ2v) is 6.94. The highest BCUT2D eigenvalue weighted by atomic mass is 35.5. The summed E-state index contributed by atoms with van der Waals surface area (Å²) in [6.07, 6.45) is 0.944. The van der Waals surface area contributed by atoms with Crippen molar-refractivity contribution in [1.82, 2.24) is 0 Å². The Morgan fingerprint density at radius 3 is 2.89 bits per heavy atom. The van der Waals surface area contributed by atoms with Gasteiger partial charge < -0.3 is 4.74 Å². The Labute approximate surface area is 127 Å². The van der Waals surface area contributed by atoms with Gasteiger partial charge in [-0.2, -0.15) is 0 Å². The van der Waals surface area contributed by atoms with Crippen LogP contribution in [0.1, 0.15) is 33.7 Å². The van der Waals surface area contributed by atoms with Gasteiger partial charge in [-0.05, 0) is 36.6 Å². The van der Waals surface area contributed by atoms with Crippen LogP contribution in [0.5, 0.6) is 5.75 Å². The van der Waals surface area contributed by atoms with Crippen LogP contribution in [0.2, 0.25) is 4.34 Å². The number of fused-ring (bicyclic) bond motifs is 1. The Hall–Kier alpha value is -0.700. The van der Waals surface area contributed by atoms with E-state index in [0.717, 1.165) is 33.6 Å². The molecule has 3 rings (SSSR count). The molecular weight excluding hydrogens is 299 g/mol. The molecule has 1 aliphatic heterocycles. The molecular formula is C15H14Cl2OS. The Bertz CT molecular complexity index is 574. The number of alkyl halides is 1. The first-order valence-corrected chi connectivity index (χ1v) is 7.91. The zero-order valence-electron chi connectivity index (χ0n) is 10.5. The number of halogens is 2. The number of rotatable bonds is 2. The molecule has 2 heterocycles. The highest BCUT2D eigenvalue weighted by Gasteiger charge is 2.29. The molecule has 1 nitrogen and oxygen atoms in total. The van der Waals surface area contributed by atoms with Crippen molar-refractivity contribution in [3.63, 3.8) is 0 Å². The average molecular weight is 313 g/mol. The van der Waals surface area contributed by atoms with E-state index in [-0.39, 0.29) is 5.38 Å². The lowest BCUT2D eigenvalue weighted by Gasteiger charge is -2.28. The molecule has 1 aromatic carbocycles. The van der Waals surface area contributed by atoms with Crippen molar-refractivity contribution in [2.75, 3.05) is 6.61 Å². The van der Waals surface area contributed by atoms with Crippen LogP contribution in [0.4, 0.5) is 0 Å². The molecule has 0 aliphatic carbocycles. The van der Waals surface area contributed by atoms with Gasteiger partial charge in [0.05, 0.1) is 16.3 Å². The molecule has 0 saturated carbocycles. The van der Waals surface area contributed by atoms with Gasteiger partial charge in [0.15, 0.2) is 0 Å². The third kappa shape index (κ3) is 2.49. The molecule has 4 heteroatoms. The first-order valence-electron chi connectivity index (χ1n) is 6.28. The maximum absolute atomic E-state index is 6.69. The molecule has 2 unspecified atom stereocenters. The quantitative estimate of drug-likeness (QED) is 0.660. The van der Waals surface area contributed by atoms with Crippen LogP contribution < -0.4 is 4.74 Å². The van der Waals surface area contributed by atoms with Crippen molar-refractivity contribution in [3.8, 4) is 5.75 Å². The van der Waals surface area contributed by atoms with E-state index in [1.807, 2.05) is 25.1 Å². The molecule has 0 fully saturated rings. The van der Waals surface area contributed by atoms with Gasteiger partial charge in [-0.15, -0.1) is 22.9 Å². The number of hydrogen-bond donors (Lipinski definition) is 0. The number of hydrogen-bond acceptors (Lipinski definition) is 2. The van der Waals surface area contributed by atoms with Crippen molar-refractivity contribution in [2.45, 2.75) is 24.6 Å². The Morgan fingerprint density at radius 1 is 1.37 bits per heavy atom. The number of thiophene rings is 1. The zero-order chi connectivity index (χ0) is 13.4. The molecule has 100 valence electrons. The molecule has 0 bridgehead atoms. The third-order valence-corrected chi connectivity index (χ3v) is 5.81. The normalized spacial score (nSPS) is 19.6. The summed E-state index contributed by atoms with van der Waals surface area (Å²) >= 11 is 14.4. The van der Waals surface area contributed by atoms with E-state index >= 15 is 0 Å². The third-order valence-electron chi connectivity index (χ3n) is 3.51. The fraction of sp³-hybridized carbons (Fsp3) is 0.333. The smallest absolute Gasteiger partial charge is 0.122 e. The molecule has 0 N–H and O–H groups in total. The summed E-state index contributed by atoms with van der Waals surface area (Å²) < 4.78 is 6.52. The fourth-order valence-electron chi connectivity index (χ4n) is 2.49. The minimum absolute atomic E-state index is 0.0405. The number of benzene rings is 1. The minimum Gasteiger partial charge on any atom is -0.493 e. The van der Waals surface area contributed by atoms with Gasteiger partial charge in [0, 0.05) is 10.8 Å². The van der Waals surface area contributed by atoms with Gasteiger partial charge in [0.25, 0.3) is 0 Å². The predicted octanol–water partition coefficient (Wildman–Crippen LogP) is 5.56. The van der Waals surface area contributed by atoms with Crippen LogP contribution in [0.3, 0.4) is 0 Å². The molecule has 1 aliphatic rings. The van der Waals surface area contributed by atoms with Crippen molar-refractivity contribution < 1.29 is 4.74 Å². The molecule has 2 aromatic rings. The van der Waals surface area contributed by atoms with Crippen LogP contribution in [-0.4, -0.2) is 6.61 Å². The van der Waals surface area contributed by atoms with E-state index in [9.17, 15) is 0 Å². The van der Waals surface area contributed by atoms with Crippen LogP contribution in [-0.2, 0) is 0 Å². The number of aryl methyl sites for hydroxylation is 1. The second-order valence-electron chi connectivity index (χ2n) is 4.79. The lowest BCUT2D eigenvalue weighted by molar-refractivity contribution is 0.265. The molecule has 2 atom stereocenters. The summed E-state index contributed by atoms with van der Waals surface area (Å²) in [5.41, 5.74) is 2.31. The average Bonchev–Trinajstić information content (AvgIpc) is 2.77. The summed E-state index contributed by atoms with van der Waals surface area (Å²) in [7, 11) is 0. The van der Waals surface area contributed by atoms with Crippen LogP contribution >= 0.6 is 34.5 Å². The van der Waals surface area contributed by atoms with Crippen molar-refractivity contribution in [1.29, 1.82) is 0 Å². The lowest BCUT2D eigenvalue weighted by Crippen LogP contribution is -2.17. The lowest BCUT2D eigenvalue weighted by atomic mass is 9.89. The highest BCUT2D eigenvalue weighted by molar-refractivity contribution is 7.16. The number of para-hydroxylation sites is 1. The Balaban J connectivity index is 1.95. The monoisotopic (exact) mass is 312 g/mol. The van der Waals surface area contributed by atoms with Gasteiger partial charge in [-0.1, -0.05) is 29.8 Å². The first-order chi connectivity index (χ1) is 9.16. The topological polar surface area (TPSA) is 9.23 Å². The fourth-order valence-corrected chi connectivity index (χ4v) is 4.21. The second kappa shape index (κ2) is 5.35. The van der Waals surface area contributed by atoms with E-state index in [1.54, 1.807) is 11.3 Å². The maximum Gasteiger partial charge on any atom is 0.122 e. The van der Waals surface area contributed by atoms with Crippen LogP contribution in [0.15, 0.2) is 30.3 Å². The zero-order valence-corrected chi connectivity index (χ0v) is 12.9. The Morgan fingerprint density at radius 2 is 2.16 bits per heavy atom. The van der Waals surface area contributed by atoms with Crippen LogP contribution in [0, 0.1) is 6.92 Å². The largest absolute Gasteiger partial charge is 0.493 e. The van der Waals surface area contributed by atoms with E-state index < -0.39 is 0 Å². The summed E-state index contributed by atoms with van der Waals surface area (Å²) in [5, 5.41) is -0.0405. The first kappa shape index (κ1) is 13.3. The summed E-state index contributed by atoms with van der Waals surface area (Å²) in [6.45, 7) is 2.74. The van der Waals surface area contributed by atoms with E-state index in [1.165, 1.54) is 5.56 Å². The molecule has 0 saturated heterocycles. The SMILES string of the molecule is Cc1cc(C(Cl)C2CCOc3ccccc32)sc1Cl.